The minimum Gasteiger partial charge on any atom is -0.493 e. The zero-order valence-electron chi connectivity index (χ0n) is 16.5. The highest BCUT2D eigenvalue weighted by atomic mass is 35.5. The smallest absolute Gasteiger partial charge is 0.259 e. The molecule has 0 bridgehead atoms. The van der Waals surface area contributed by atoms with Crippen LogP contribution in [0.15, 0.2) is 47.8 Å². The monoisotopic (exact) mass is 425 g/mol. The molecule has 3 heterocycles. The van der Waals surface area contributed by atoms with Crippen LogP contribution in [0.3, 0.4) is 0 Å². The predicted molar refractivity (Wildman–Crippen MR) is 117 cm³/mol. The first-order valence-corrected chi connectivity index (χ1v) is 9.63. The van der Waals surface area contributed by atoms with E-state index < -0.39 is 0 Å². The number of pyridine rings is 1. The van der Waals surface area contributed by atoms with E-state index in [1.54, 1.807) is 44.8 Å². The minimum atomic E-state index is -0.230. The first-order valence-electron chi connectivity index (χ1n) is 9.25. The highest BCUT2D eigenvalue weighted by Crippen LogP contribution is 2.40. The van der Waals surface area contributed by atoms with Gasteiger partial charge in [0.25, 0.3) is 5.56 Å². The van der Waals surface area contributed by atoms with Crippen molar-refractivity contribution in [1.29, 1.82) is 0 Å². The van der Waals surface area contributed by atoms with Crippen molar-refractivity contribution in [3.05, 3.63) is 63.9 Å². The van der Waals surface area contributed by atoms with Gasteiger partial charge in [0.1, 0.15) is 6.33 Å². The fraction of sp³-hybridized carbons (Fsp3) is 0.190. The summed E-state index contributed by atoms with van der Waals surface area (Å²) in [6.45, 7) is 0.522. The van der Waals surface area contributed by atoms with Crippen molar-refractivity contribution in [3.8, 4) is 17.1 Å². The molecule has 3 N–H and O–H groups in total. The van der Waals surface area contributed by atoms with Gasteiger partial charge in [0, 0.05) is 19.5 Å². The first kappa shape index (κ1) is 19.9. The topological polar surface area (TPSA) is 105 Å². The van der Waals surface area contributed by atoms with Crippen LogP contribution in [0.2, 0.25) is 5.02 Å². The van der Waals surface area contributed by atoms with E-state index in [1.165, 1.54) is 6.33 Å². The average Bonchev–Trinajstić information content (AvgIpc) is 3.14. The molecule has 4 rings (SSSR count). The van der Waals surface area contributed by atoms with Gasteiger partial charge in [0.15, 0.2) is 5.75 Å². The van der Waals surface area contributed by atoms with Gasteiger partial charge in [-0.25, -0.2) is 9.97 Å². The highest BCUT2D eigenvalue weighted by Gasteiger charge is 2.21. The summed E-state index contributed by atoms with van der Waals surface area (Å²) >= 11 is 6.28. The maximum atomic E-state index is 12.8. The first-order chi connectivity index (χ1) is 14.6. The summed E-state index contributed by atoms with van der Waals surface area (Å²) in [6.07, 6.45) is 5.44. The molecule has 0 aliphatic rings. The van der Waals surface area contributed by atoms with Crippen LogP contribution < -0.4 is 15.6 Å². The summed E-state index contributed by atoms with van der Waals surface area (Å²) in [7, 11) is 3.19. The molecule has 0 saturated carbocycles. The number of H-pyrrole nitrogens is 2. The quantitative estimate of drug-likeness (QED) is 0.414. The molecule has 4 aromatic rings. The number of methoxy groups -OCH3 is 2. The summed E-state index contributed by atoms with van der Waals surface area (Å²) in [4.78, 5) is 27.4. The Morgan fingerprint density at radius 1 is 1.23 bits per heavy atom. The van der Waals surface area contributed by atoms with Gasteiger partial charge in [-0.1, -0.05) is 17.7 Å². The van der Waals surface area contributed by atoms with Crippen molar-refractivity contribution < 1.29 is 9.47 Å². The Bertz CT molecular complexity index is 1240. The van der Waals surface area contributed by atoms with Gasteiger partial charge >= 0.3 is 0 Å². The maximum absolute atomic E-state index is 12.8. The van der Waals surface area contributed by atoms with Gasteiger partial charge in [-0.15, -0.1) is 0 Å². The molecule has 0 aliphatic heterocycles. The summed E-state index contributed by atoms with van der Waals surface area (Å²) in [5.41, 5.74) is 3.91. The summed E-state index contributed by atoms with van der Waals surface area (Å²) in [6, 6.07) is 7.15. The number of para-hydroxylation sites is 1. The number of nitrogens with one attached hydrogen (secondary N) is 3. The van der Waals surface area contributed by atoms with Gasteiger partial charge in [0.05, 0.1) is 52.4 Å². The molecule has 3 aromatic heterocycles. The van der Waals surface area contributed by atoms with Crippen LogP contribution in [0.1, 0.15) is 5.56 Å². The van der Waals surface area contributed by atoms with Crippen LogP contribution in [0, 0.1) is 0 Å². The zero-order valence-corrected chi connectivity index (χ0v) is 17.2. The second-order valence-electron chi connectivity index (χ2n) is 6.55. The van der Waals surface area contributed by atoms with Gasteiger partial charge < -0.3 is 24.8 Å². The van der Waals surface area contributed by atoms with Crippen LogP contribution in [0.5, 0.6) is 5.75 Å². The largest absolute Gasteiger partial charge is 0.493 e. The average molecular weight is 426 g/mol. The van der Waals surface area contributed by atoms with E-state index in [-0.39, 0.29) is 5.56 Å². The van der Waals surface area contributed by atoms with Crippen molar-refractivity contribution in [3.63, 3.8) is 0 Å². The molecule has 0 spiro atoms. The van der Waals surface area contributed by atoms with Crippen molar-refractivity contribution in [2.24, 2.45) is 0 Å². The third-order valence-electron chi connectivity index (χ3n) is 4.77. The Morgan fingerprint density at radius 3 is 2.83 bits per heavy atom. The molecule has 0 aliphatic carbocycles. The van der Waals surface area contributed by atoms with Crippen LogP contribution in [0.25, 0.3) is 22.3 Å². The molecular formula is C21H20ClN5O3. The molecule has 154 valence electrons. The van der Waals surface area contributed by atoms with Crippen molar-refractivity contribution in [1.82, 2.24) is 19.9 Å². The number of halogens is 1. The van der Waals surface area contributed by atoms with E-state index >= 15 is 0 Å². The van der Waals surface area contributed by atoms with Gasteiger partial charge in [0.2, 0.25) is 0 Å². The van der Waals surface area contributed by atoms with E-state index in [9.17, 15) is 4.79 Å². The third kappa shape index (κ3) is 3.62. The Hall–Kier alpha value is -3.36. The highest BCUT2D eigenvalue weighted by molar-refractivity contribution is 6.32. The normalized spacial score (nSPS) is 11.0. The fourth-order valence-corrected chi connectivity index (χ4v) is 3.63. The van der Waals surface area contributed by atoms with Gasteiger partial charge in [-0.05, 0) is 30.2 Å². The molecule has 0 radical (unpaired) electrons. The molecule has 1 aromatic carbocycles. The standard InChI is InChI=1S/C21H20ClN5O3/c1-29-9-7-12-10-24-21(28)16-17(12)27-18(14-6-8-23-11-25-14)19(16)26-15-5-3-4-13(22)20(15)30-2/h3-6,8,10-11,26-27H,7,9H2,1-2H3,(H,24,28). The van der Waals surface area contributed by atoms with Crippen molar-refractivity contribution in [2.75, 3.05) is 26.1 Å². The SMILES string of the molecule is COCCc1c[nH]c(=O)c2c(Nc3cccc(Cl)c3OC)c(-c3ccncn3)[nH]c12. The van der Waals surface area contributed by atoms with E-state index in [1.807, 2.05) is 6.07 Å². The number of nitrogens with zero attached hydrogens (tertiary/aromatic N) is 2. The number of hydrogen-bond acceptors (Lipinski definition) is 6. The van der Waals surface area contributed by atoms with Gasteiger partial charge in [-0.3, -0.25) is 4.79 Å². The van der Waals surface area contributed by atoms with Crippen molar-refractivity contribution >= 4 is 33.9 Å². The number of anilines is 2. The number of fused-ring (bicyclic) bond motifs is 1. The number of aromatic amines is 2. The fourth-order valence-electron chi connectivity index (χ4n) is 3.38. The molecular weight excluding hydrogens is 406 g/mol. The number of benzene rings is 1. The van der Waals surface area contributed by atoms with E-state index in [0.717, 1.165) is 5.56 Å². The zero-order chi connectivity index (χ0) is 21.1. The van der Waals surface area contributed by atoms with E-state index in [4.69, 9.17) is 21.1 Å². The van der Waals surface area contributed by atoms with Gasteiger partial charge in [-0.2, -0.15) is 0 Å². The lowest BCUT2D eigenvalue weighted by Gasteiger charge is -2.13. The Balaban J connectivity index is 1.97. The number of rotatable bonds is 7. The molecule has 9 heteroatoms. The number of ether oxygens (including phenoxy) is 2. The van der Waals surface area contributed by atoms with Crippen molar-refractivity contribution in [2.45, 2.75) is 6.42 Å². The third-order valence-corrected chi connectivity index (χ3v) is 5.07. The molecule has 30 heavy (non-hydrogen) atoms. The molecule has 0 fully saturated rings. The molecule has 0 saturated heterocycles. The second kappa shape index (κ2) is 8.56. The van der Waals surface area contributed by atoms with Crippen LogP contribution in [-0.4, -0.2) is 40.8 Å². The molecule has 0 amide bonds. The molecule has 0 unspecified atom stereocenters. The number of aromatic nitrogens is 4. The Kier molecular flexibility index (Phi) is 5.69. The van der Waals surface area contributed by atoms with Crippen LogP contribution in [-0.2, 0) is 11.2 Å². The lowest BCUT2D eigenvalue weighted by Crippen LogP contribution is -2.09. The lowest BCUT2D eigenvalue weighted by atomic mass is 10.1. The minimum absolute atomic E-state index is 0.230. The lowest BCUT2D eigenvalue weighted by molar-refractivity contribution is 0.202. The Morgan fingerprint density at radius 2 is 2.10 bits per heavy atom. The Labute approximate surface area is 177 Å². The summed E-state index contributed by atoms with van der Waals surface area (Å²) < 4.78 is 10.7. The van der Waals surface area contributed by atoms with E-state index in [2.05, 4.69) is 25.3 Å². The summed E-state index contributed by atoms with van der Waals surface area (Å²) in [5.74, 6) is 0.481. The molecule has 0 atom stereocenters. The van der Waals surface area contributed by atoms with Crippen LogP contribution in [0.4, 0.5) is 11.4 Å². The maximum Gasteiger partial charge on any atom is 0.259 e. The molecule has 8 nitrogen and oxygen atoms in total. The summed E-state index contributed by atoms with van der Waals surface area (Å²) in [5, 5.41) is 4.27. The van der Waals surface area contributed by atoms with Crippen LogP contribution >= 0.6 is 11.6 Å². The second-order valence-corrected chi connectivity index (χ2v) is 6.96. The predicted octanol–water partition coefficient (Wildman–Crippen LogP) is 3.91. The number of hydrogen-bond donors (Lipinski definition) is 3. The van der Waals surface area contributed by atoms with E-state index in [0.29, 0.717) is 57.5 Å².